The van der Waals surface area contributed by atoms with E-state index in [2.05, 4.69) is 0 Å². The molecule has 0 heterocycles. The first-order valence-electron chi connectivity index (χ1n) is 5.79. The summed E-state index contributed by atoms with van der Waals surface area (Å²) >= 11 is 0. The quantitative estimate of drug-likeness (QED) is 0.792. The van der Waals surface area contributed by atoms with Gasteiger partial charge >= 0.3 is 0 Å². The topological polar surface area (TPSA) is 64.7 Å². The van der Waals surface area contributed by atoms with Crippen LogP contribution in [0.2, 0.25) is 0 Å². The summed E-state index contributed by atoms with van der Waals surface area (Å²) in [6.45, 7) is 4.49. The van der Waals surface area contributed by atoms with Crippen molar-refractivity contribution >= 4 is 0 Å². The molecule has 0 fully saturated rings. The SMILES string of the molecule is CCCOc1cc([C@@](C)(O)CN)ccc1OC. The molecule has 1 aromatic carbocycles. The van der Waals surface area contributed by atoms with Gasteiger partial charge in [0, 0.05) is 6.54 Å². The summed E-state index contributed by atoms with van der Waals surface area (Å²) in [6, 6.07) is 5.36. The van der Waals surface area contributed by atoms with E-state index < -0.39 is 5.60 Å². The van der Waals surface area contributed by atoms with Crippen LogP contribution in [0.5, 0.6) is 11.5 Å². The maximum absolute atomic E-state index is 10.1. The van der Waals surface area contributed by atoms with Crippen molar-refractivity contribution in [3.63, 3.8) is 0 Å². The highest BCUT2D eigenvalue weighted by Crippen LogP contribution is 2.32. The molecule has 0 saturated carbocycles. The van der Waals surface area contributed by atoms with E-state index in [-0.39, 0.29) is 6.54 Å². The maximum Gasteiger partial charge on any atom is 0.161 e. The second-order valence-electron chi connectivity index (χ2n) is 4.19. The predicted octanol–water partition coefficient (Wildman–Crippen LogP) is 1.65. The Morgan fingerprint density at radius 2 is 2.06 bits per heavy atom. The van der Waals surface area contributed by atoms with E-state index in [0.29, 0.717) is 18.1 Å². The number of aliphatic hydroxyl groups is 1. The number of benzene rings is 1. The second-order valence-corrected chi connectivity index (χ2v) is 4.19. The maximum atomic E-state index is 10.1. The summed E-state index contributed by atoms with van der Waals surface area (Å²) in [5.74, 6) is 1.30. The average molecular weight is 239 g/mol. The van der Waals surface area contributed by atoms with E-state index in [9.17, 15) is 5.11 Å². The van der Waals surface area contributed by atoms with Crippen molar-refractivity contribution in [3.8, 4) is 11.5 Å². The van der Waals surface area contributed by atoms with Gasteiger partial charge in [-0.2, -0.15) is 0 Å². The molecule has 1 rings (SSSR count). The molecule has 0 radical (unpaired) electrons. The van der Waals surface area contributed by atoms with Crippen LogP contribution in [0.4, 0.5) is 0 Å². The Bertz CT molecular complexity index is 364. The Hall–Kier alpha value is -1.26. The highest BCUT2D eigenvalue weighted by molar-refractivity contribution is 5.44. The number of ether oxygens (including phenoxy) is 2. The van der Waals surface area contributed by atoms with Gasteiger partial charge < -0.3 is 20.3 Å². The number of methoxy groups -OCH3 is 1. The van der Waals surface area contributed by atoms with E-state index in [4.69, 9.17) is 15.2 Å². The largest absolute Gasteiger partial charge is 0.493 e. The third kappa shape index (κ3) is 3.35. The van der Waals surface area contributed by atoms with Gasteiger partial charge in [-0.25, -0.2) is 0 Å². The molecular formula is C13H21NO3. The van der Waals surface area contributed by atoms with Gasteiger partial charge in [0.15, 0.2) is 11.5 Å². The molecule has 0 unspecified atom stereocenters. The van der Waals surface area contributed by atoms with Crippen molar-refractivity contribution in [2.75, 3.05) is 20.3 Å². The number of nitrogens with two attached hydrogens (primary N) is 1. The lowest BCUT2D eigenvalue weighted by Gasteiger charge is -2.23. The first kappa shape index (κ1) is 13.8. The summed E-state index contributed by atoms with van der Waals surface area (Å²) in [4.78, 5) is 0. The molecule has 4 heteroatoms. The zero-order valence-corrected chi connectivity index (χ0v) is 10.7. The monoisotopic (exact) mass is 239 g/mol. The fourth-order valence-corrected chi connectivity index (χ4v) is 1.45. The summed E-state index contributed by atoms with van der Waals surface area (Å²) in [5.41, 5.74) is 5.22. The molecule has 96 valence electrons. The van der Waals surface area contributed by atoms with E-state index >= 15 is 0 Å². The number of rotatable bonds is 6. The first-order valence-corrected chi connectivity index (χ1v) is 5.79. The lowest BCUT2D eigenvalue weighted by atomic mass is 9.96. The number of hydrogen-bond acceptors (Lipinski definition) is 4. The molecule has 1 aromatic rings. The van der Waals surface area contributed by atoms with Crippen LogP contribution in [0.15, 0.2) is 18.2 Å². The van der Waals surface area contributed by atoms with Gasteiger partial charge in [0.05, 0.1) is 19.3 Å². The van der Waals surface area contributed by atoms with Crippen LogP contribution in [0.25, 0.3) is 0 Å². The normalized spacial score (nSPS) is 14.2. The molecule has 17 heavy (non-hydrogen) atoms. The fourth-order valence-electron chi connectivity index (χ4n) is 1.45. The highest BCUT2D eigenvalue weighted by Gasteiger charge is 2.22. The van der Waals surface area contributed by atoms with Gasteiger partial charge in [-0.1, -0.05) is 13.0 Å². The molecule has 0 aromatic heterocycles. The van der Waals surface area contributed by atoms with Crippen molar-refractivity contribution in [1.29, 1.82) is 0 Å². The molecule has 0 bridgehead atoms. The molecule has 0 aliphatic heterocycles. The second kappa shape index (κ2) is 5.89. The van der Waals surface area contributed by atoms with Gasteiger partial charge in [-0.05, 0) is 31.0 Å². The third-order valence-corrected chi connectivity index (χ3v) is 2.64. The lowest BCUT2D eigenvalue weighted by Crippen LogP contribution is -2.31. The molecule has 4 nitrogen and oxygen atoms in total. The zero-order chi connectivity index (χ0) is 12.9. The Morgan fingerprint density at radius 3 is 2.59 bits per heavy atom. The first-order chi connectivity index (χ1) is 8.05. The van der Waals surface area contributed by atoms with E-state index in [1.54, 1.807) is 32.2 Å². The summed E-state index contributed by atoms with van der Waals surface area (Å²) < 4.78 is 10.8. The van der Waals surface area contributed by atoms with E-state index in [1.165, 1.54) is 0 Å². The van der Waals surface area contributed by atoms with E-state index in [0.717, 1.165) is 12.0 Å². The molecule has 1 atom stereocenters. The third-order valence-electron chi connectivity index (χ3n) is 2.64. The van der Waals surface area contributed by atoms with Crippen molar-refractivity contribution in [1.82, 2.24) is 0 Å². The Kier molecular flexibility index (Phi) is 4.78. The minimum Gasteiger partial charge on any atom is -0.493 e. The van der Waals surface area contributed by atoms with Gasteiger partial charge in [0.1, 0.15) is 0 Å². The Balaban J connectivity index is 3.04. The molecular weight excluding hydrogens is 218 g/mol. The van der Waals surface area contributed by atoms with Gasteiger partial charge in [-0.3, -0.25) is 0 Å². The zero-order valence-electron chi connectivity index (χ0n) is 10.7. The standard InChI is InChI=1S/C13H21NO3/c1-4-7-17-12-8-10(13(2,15)9-14)5-6-11(12)16-3/h5-6,8,15H,4,7,9,14H2,1-3H3/t13-/m0/s1. The molecule has 0 aliphatic rings. The molecule has 0 aliphatic carbocycles. The van der Waals surface area contributed by atoms with Crippen LogP contribution >= 0.6 is 0 Å². The van der Waals surface area contributed by atoms with Crippen LogP contribution < -0.4 is 15.2 Å². The lowest BCUT2D eigenvalue weighted by molar-refractivity contribution is 0.0664. The summed E-state index contributed by atoms with van der Waals surface area (Å²) in [6.07, 6.45) is 0.917. The van der Waals surface area contributed by atoms with Gasteiger partial charge in [0.2, 0.25) is 0 Å². The minimum atomic E-state index is -1.05. The van der Waals surface area contributed by atoms with Crippen molar-refractivity contribution in [2.45, 2.75) is 25.9 Å². The average Bonchev–Trinajstić information content (AvgIpc) is 2.35. The van der Waals surface area contributed by atoms with Gasteiger partial charge in [-0.15, -0.1) is 0 Å². The molecule has 0 amide bonds. The molecule has 0 saturated heterocycles. The highest BCUT2D eigenvalue weighted by atomic mass is 16.5. The van der Waals surface area contributed by atoms with Crippen molar-refractivity contribution in [3.05, 3.63) is 23.8 Å². The van der Waals surface area contributed by atoms with Crippen LogP contribution in [0, 0.1) is 0 Å². The molecule has 0 spiro atoms. The van der Waals surface area contributed by atoms with Crippen LogP contribution in [0.3, 0.4) is 0 Å². The minimum absolute atomic E-state index is 0.159. The summed E-state index contributed by atoms with van der Waals surface area (Å²) in [5, 5.41) is 10.1. The van der Waals surface area contributed by atoms with Crippen molar-refractivity contribution in [2.24, 2.45) is 5.73 Å². The fraction of sp³-hybridized carbons (Fsp3) is 0.538. The van der Waals surface area contributed by atoms with Crippen LogP contribution in [0.1, 0.15) is 25.8 Å². The smallest absolute Gasteiger partial charge is 0.161 e. The molecule has 3 N–H and O–H groups in total. The van der Waals surface area contributed by atoms with E-state index in [1.807, 2.05) is 6.92 Å². The summed E-state index contributed by atoms with van der Waals surface area (Å²) in [7, 11) is 1.59. The van der Waals surface area contributed by atoms with Gasteiger partial charge in [0.25, 0.3) is 0 Å². The number of hydrogen-bond donors (Lipinski definition) is 2. The van der Waals surface area contributed by atoms with Crippen molar-refractivity contribution < 1.29 is 14.6 Å². The Labute approximate surface area is 102 Å². The van der Waals surface area contributed by atoms with Crippen LogP contribution in [-0.4, -0.2) is 25.4 Å². The Morgan fingerprint density at radius 1 is 1.35 bits per heavy atom. The predicted molar refractivity (Wildman–Crippen MR) is 67.4 cm³/mol. The van der Waals surface area contributed by atoms with Crippen LogP contribution in [-0.2, 0) is 5.60 Å².